The maximum Gasteiger partial charge on any atom is 0.490 e. The van der Waals surface area contributed by atoms with Crippen molar-refractivity contribution >= 4 is 11.7 Å². The van der Waals surface area contributed by atoms with E-state index in [1.165, 1.54) is 0 Å². The summed E-state index contributed by atoms with van der Waals surface area (Å²) in [7, 11) is 0. The summed E-state index contributed by atoms with van der Waals surface area (Å²) in [5.41, 5.74) is -1.09. The van der Waals surface area contributed by atoms with Gasteiger partial charge in [0.15, 0.2) is 5.69 Å². The molecule has 4 rings (SSSR count). The molecule has 17 heteroatoms. The molecule has 8 nitrogen and oxygen atoms in total. The molecule has 2 aromatic rings. The minimum Gasteiger partial charge on any atom is -0.474 e. The molecule has 0 amide bonds. The molecule has 2 aliphatic rings. The number of alkyl halides is 9. The van der Waals surface area contributed by atoms with Crippen LogP contribution in [0.5, 0.6) is 5.88 Å². The Morgan fingerprint density at radius 2 is 1.72 bits per heavy atom. The summed E-state index contributed by atoms with van der Waals surface area (Å²) >= 11 is 0. The quantitative estimate of drug-likeness (QED) is 0.344. The van der Waals surface area contributed by atoms with Crippen LogP contribution in [0.1, 0.15) is 62.8 Å². The molecule has 1 fully saturated rings. The first-order valence-electron chi connectivity index (χ1n) is 11.8. The van der Waals surface area contributed by atoms with Gasteiger partial charge in [0, 0.05) is 6.42 Å². The molecule has 2 atom stereocenters. The van der Waals surface area contributed by atoms with E-state index in [0.717, 1.165) is 12.8 Å². The van der Waals surface area contributed by atoms with E-state index in [-0.39, 0.29) is 25.2 Å². The normalized spacial score (nSPS) is 23.1. The zero-order chi connectivity index (χ0) is 28.8. The smallest absolute Gasteiger partial charge is 0.474 e. The highest BCUT2D eigenvalue weighted by Crippen LogP contribution is 2.48. The van der Waals surface area contributed by atoms with E-state index in [1.807, 2.05) is 0 Å². The van der Waals surface area contributed by atoms with Crippen molar-refractivity contribution in [2.45, 2.75) is 81.6 Å². The Balaban J connectivity index is 1.86. The van der Waals surface area contributed by atoms with Gasteiger partial charge in [-0.3, -0.25) is 0 Å². The Hall–Kier alpha value is -3.27. The Kier molecular flexibility index (Phi) is 7.40. The minimum absolute atomic E-state index is 0.0283. The Morgan fingerprint density at radius 1 is 1.03 bits per heavy atom. The van der Waals surface area contributed by atoms with Gasteiger partial charge < -0.3 is 19.6 Å². The van der Waals surface area contributed by atoms with E-state index in [0.29, 0.717) is 12.5 Å². The van der Waals surface area contributed by atoms with Crippen LogP contribution in [0.4, 0.5) is 45.2 Å². The summed E-state index contributed by atoms with van der Waals surface area (Å²) < 4.78 is 138. The molecule has 0 saturated heterocycles. The van der Waals surface area contributed by atoms with Crippen molar-refractivity contribution in [3.05, 3.63) is 17.5 Å². The number of anilines is 1. The average Bonchev–Trinajstić information content (AvgIpc) is 3.48. The Bertz CT molecular complexity index is 1210. The molecule has 0 spiro atoms. The van der Waals surface area contributed by atoms with Gasteiger partial charge in [0.25, 0.3) is 17.4 Å². The van der Waals surface area contributed by atoms with Gasteiger partial charge in [-0.1, -0.05) is 19.3 Å². The van der Waals surface area contributed by atoms with Gasteiger partial charge in [0.05, 0.1) is 5.69 Å². The van der Waals surface area contributed by atoms with E-state index >= 15 is 0 Å². The van der Waals surface area contributed by atoms with Gasteiger partial charge >= 0.3 is 24.5 Å². The SMILES string of the molecule is Nc1cc(C(F)(F)F)c2nc1-c1nnc(o1)[C@@](OC(=O)C(F)(F)F)(C(F)(F)F)CCCCCC(CC1CC1)O2. The fraction of sp³-hybridized carbons (Fsp3) is 0.636. The highest BCUT2D eigenvalue weighted by atomic mass is 19.4. The molecular weight excluding hydrogens is 555 g/mol. The fourth-order valence-electron chi connectivity index (χ4n) is 4.23. The maximum absolute atomic E-state index is 14.3. The number of pyridine rings is 1. The van der Waals surface area contributed by atoms with Crippen LogP contribution < -0.4 is 10.5 Å². The number of ether oxygens (including phenoxy) is 2. The van der Waals surface area contributed by atoms with Crippen LogP contribution in [0.15, 0.2) is 10.5 Å². The molecule has 0 aromatic carbocycles. The highest BCUT2D eigenvalue weighted by Gasteiger charge is 2.65. The van der Waals surface area contributed by atoms with Crippen molar-refractivity contribution in [2.24, 2.45) is 5.92 Å². The average molecular weight is 576 g/mol. The first kappa shape index (κ1) is 28.7. The number of carbonyl (C=O) groups excluding carboxylic acids is 1. The van der Waals surface area contributed by atoms with Gasteiger partial charge in [-0.2, -0.15) is 39.5 Å². The third-order valence-electron chi connectivity index (χ3n) is 6.38. The molecule has 2 aromatic heterocycles. The van der Waals surface area contributed by atoms with Crippen molar-refractivity contribution in [1.82, 2.24) is 15.2 Å². The van der Waals surface area contributed by atoms with Crippen LogP contribution in [0.2, 0.25) is 0 Å². The van der Waals surface area contributed by atoms with Crippen LogP contribution >= 0.6 is 0 Å². The van der Waals surface area contributed by atoms with Crippen LogP contribution in [0.25, 0.3) is 11.6 Å². The molecular formula is C22H21F9N4O4. The van der Waals surface area contributed by atoms with Crippen molar-refractivity contribution in [1.29, 1.82) is 0 Å². The molecule has 1 aliphatic heterocycles. The van der Waals surface area contributed by atoms with Crippen molar-refractivity contribution in [2.75, 3.05) is 5.73 Å². The van der Waals surface area contributed by atoms with Crippen LogP contribution in [0, 0.1) is 5.92 Å². The summed E-state index contributed by atoms with van der Waals surface area (Å²) in [6, 6.07) is 0.433. The molecule has 1 aliphatic carbocycles. The lowest BCUT2D eigenvalue weighted by Crippen LogP contribution is -2.49. The second kappa shape index (κ2) is 10.0. The highest BCUT2D eigenvalue weighted by molar-refractivity contribution is 5.76. The van der Waals surface area contributed by atoms with Gasteiger partial charge in [0.2, 0.25) is 5.88 Å². The number of nitrogens with zero attached hydrogens (tertiary/aromatic N) is 3. The van der Waals surface area contributed by atoms with E-state index in [9.17, 15) is 44.3 Å². The van der Waals surface area contributed by atoms with Gasteiger partial charge in [-0.25, -0.2) is 9.78 Å². The summed E-state index contributed by atoms with van der Waals surface area (Å²) in [5, 5.41) is 6.47. The predicted octanol–water partition coefficient (Wildman–Crippen LogP) is 6.11. The number of halogens is 9. The monoisotopic (exact) mass is 576 g/mol. The zero-order valence-electron chi connectivity index (χ0n) is 19.8. The number of esters is 1. The number of carbonyl (C=O) groups is 1. The van der Waals surface area contributed by atoms with E-state index in [4.69, 9.17) is 14.9 Å². The predicted molar refractivity (Wildman–Crippen MR) is 112 cm³/mol. The standard InChI is InChI=1S/C22H21F9N4O4/c23-20(24,25)12-9-13(32)14-16-34-35-17(38-16)19(22(29,30)31,39-18(36)21(26,27)28)7-3-1-2-4-11(8-10-5-6-10)37-15(12)33-14/h9-11H,1-8,32H2/t11?,19-/m1/s1. The Labute approximate surface area is 214 Å². The van der Waals surface area contributed by atoms with E-state index in [2.05, 4.69) is 19.9 Å². The second-order valence-corrected chi connectivity index (χ2v) is 9.42. The fourth-order valence-corrected chi connectivity index (χ4v) is 4.23. The van der Waals surface area contributed by atoms with Gasteiger partial charge in [-0.05, 0) is 37.7 Å². The third kappa shape index (κ3) is 6.16. The summed E-state index contributed by atoms with van der Waals surface area (Å²) in [6.07, 6.45) is -16.6. The number of nitrogen functional groups attached to an aromatic ring is 1. The minimum atomic E-state index is -5.79. The second-order valence-electron chi connectivity index (χ2n) is 9.42. The topological polar surface area (TPSA) is 113 Å². The first-order chi connectivity index (χ1) is 18.0. The number of rotatable bonds is 3. The largest absolute Gasteiger partial charge is 0.490 e. The summed E-state index contributed by atoms with van der Waals surface area (Å²) in [5.74, 6) is -6.40. The lowest BCUT2D eigenvalue weighted by atomic mass is 9.93. The number of aromatic nitrogens is 3. The third-order valence-corrected chi connectivity index (χ3v) is 6.38. The molecule has 1 saturated carbocycles. The maximum atomic E-state index is 14.3. The molecule has 216 valence electrons. The number of fused-ring (bicyclic) bond motifs is 5. The van der Waals surface area contributed by atoms with E-state index < -0.39 is 83.7 Å². The number of nitrogens with two attached hydrogens (primary N) is 1. The van der Waals surface area contributed by atoms with E-state index in [1.54, 1.807) is 0 Å². The van der Waals surface area contributed by atoms with Crippen molar-refractivity contribution in [3.8, 4) is 17.5 Å². The van der Waals surface area contributed by atoms with Crippen LogP contribution in [-0.4, -0.2) is 39.6 Å². The molecule has 2 N–H and O–H groups in total. The van der Waals surface area contributed by atoms with Crippen molar-refractivity contribution < 1.29 is 58.2 Å². The summed E-state index contributed by atoms with van der Waals surface area (Å²) in [6.45, 7) is 0. The zero-order valence-corrected chi connectivity index (χ0v) is 19.8. The summed E-state index contributed by atoms with van der Waals surface area (Å²) in [4.78, 5) is 15.3. The Morgan fingerprint density at radius 3 is 2.31 bits per heavy atom. The van der Waals surface area contributed by atoms with Crippen molar-refractivity contribution in [3.63, 3.8) is 0 Å². The first-order valence-corrected chi connectivity index (χ1v) is 11.8. The molecule has 3 heterocycles. The number of hydrogen-bond acceptors (Lipinski definition) is 8. The van der Waals surface area contributed by atoms with Crippen LogP contribution in [0.3, 0.4) is 0 Å². The lowest BCUT2D eigenvalue weighted by molar-refractivity contribution is -0.299. The molecule has 0 radical (unpaired) electrons. The lowest BCUT2D eigenvalue weighted by Gasteiger charge is -2.32. The van der Waals surface area contributed by atoms with Gasteiger partial charge in [0.1, 0.15) is 11.7 Å². The number of hydrogen-bond donors (Lipinski definition) is 1. The van der Waals surface area contributed by atoms with Crippen LogP contribution in [-0.2, 0) is 21.3 Å². The van der Waals surface area contributed by atoms with Gasteiger partial charge in [-0.15, -0.1) is 10.2 Å². The molecule has 1 unspecified atom stereocenters. The molecule has 4 bridgehead atoms. The molecule has 39 heavy (non-hydrogen) atoms.